The molecule has 0 aliphatic carbocycles. The second kappa shape index (κ2) is 11.5. The van der Waals surface area contributed by atoms with Gasteiger partial charge in [-0.25, -0.2) is 4.39 Å². The van der Waals surface area contributed by atoms with E-state index in [0.717, 1.165) is 50.5 Å². The average molecular weight is 528 g/mol. The van der Waals surface area contributed by atoms with E-state index < -0.39 is 0 Å². The topological polar surface area (TPSA) is 48.7 Å². The molecule has 1 aliphatic heterocycles. The standard InChI is InChI=1S/C22H33FN6.HI/c1-5-28(6-2)21-8-7-17(12-20(21)23)13-25-22(24-3)29-10-9-18(16-29)11-19-14-26-27(4)15-19;/h7-8,12,14-15,18H,5-6,9-11,13,16H2,1-4H3,(H,24,25);1H. The molecule has 1 aromatic heterocycles. The lowest BCUT2D eigenvalue weighted by Crippen LogP contribution is -2.39. The molecule has 1 atom stereocenters. The van der Waals surface area contributed by atoms with Crippen LogP contribution >= 0.6 is 24.0 Å². The zero-order valence-electron chi connectivity index (χ0n) is 18.4. The number of likely N-dealkylation sites (tertiary alicyclic amines) is 1. The number of aromatic nitrogens is 2. The number of hydrogen-bond donors (Lipinski definition) is 1. The van der Waals surface area contributed by atoms with Crippen LogP contribution in [0.2, 0.25) is 0 Å². The summed E-state index contributed by atoms with van der Waals surface area (Å²) in [4.78, 5) is 8.76. The SMILES string of the molecule is CCN(CC)c1ccc(CNC(=NC)N2CCC(Cc3cnn(C)c3)C2)cc1F.I. The normalized spacial score (nSPS) is 16.5. The summed E-state index contributed by atoms with van der Waals surface area (Å²) in [6.45, 7) is 8.20. The fourth-order valence-electron chi connectivity index (χ4n) is 4.10. The van der Waals surface area contributed by atoms with Gasteiger partial charge in [0, 0.05) is 53.0 Å². The largest absolute Gasteiger partial charge is 0.370 e. The number of benzene rings is 1. The Morgan fingerprint density at radius 3 is 2.67 bits per heavy atom. The maximum atomic E-state index is 14.5. The van der Waals surface area contributed by atoms with Gasteiger partial charge in [0.15, 0.2) is 5.96 Å². The lowest BCUT2D eigenvalue weighted by atomic mass is 10.0. The summed E-state index contributed by atoms with van der Waals surface area (Å²) in [5, 5.41) is 7.66. The van der Waals surface area contributed by atoms with Gasteiger partial charge in [-0.15, -0.1) is 24.0 Å². The molecular weight excluding hydrogens is 494 g/mol. The zero-order valence-corrected chi connectivity index (χ0v) is 20.8. The van der Waals surface area contributed by atoms with Crippen molar-refractivity contribution in [2.75, 3.05) is 38.1 Å². The molecule has 2 heterocycles. The Balaban J connectivity index is 0.00000320. The highest BCUT2D eigenvalue weighted by molar-refractivity contribution is 14.0. The van der Waals surface area contributed by atoms with Crippen molar-refractivity contribution in [1.82, 2.24) is 20.0 Å². The van der Waals surface area contributed by atoms with Gasteiger partial charge in [0.1, 0.15) is 5.82 Å². The Morgan fingerprint density at radius 1 is 1.30 bits per heavy atom. The van der Waals surface area contributed by atoms with Gasteiger partial charge >= 0.3 is 0 Å². The number of nitrogens with one attached hydrogen (secondary N) is 1. The van der Waals surface area contributed by atoms with E-state index in [0.29, 0.717) is 18.2 Å². The highest BCUT2D eigenvalue weighted by Crippen LogP contribution is 2.22. The van der Waals surface area contributed by atoms with Crippen LogP contribution in [-0.2, 0) is 20.0 Å². The first kappa shape index (κ1) is 24.4. The molecular formula is C22H34FIN6. The van der Waals surface area contributed by atoms with Crippen LogP contribution in [0.15, 0.2) is 35.6 Å². The van der Waals surface area contributed by atoms with Crippen molar-refractivity contribution in [3.8, 4) is 0 Å². The monoisotopic (exact) mass is 528 g/mol. The summed E-state index contributed by atoms with van der Waals surface area (Å²) in [7, 11) is 3.76. The number of rotatable bonds is 7. The summed E-state index contributed by atoms with van der Waals surface area (Å²) in [6, 6.07) is 5.50. The third kappa shape index (κ3) is 6.09. The molecule has 0 saturated carbocycles. The van der Waals surface area contributed by atoms with Crippen molar-refractivity contribution in [1.29, 1.82) is 0 Å². The number of halogens is 2. The van der Waals surface area contributed by atoms with Gasteiger partial charge in [-0.05, 0) is 55.9 Å². The Labute approximate surface area is 196 Å². The molecule has 2 aromatic rings. The number of anilines is 1. The first-order chi connectivity index (χ1) is 14.0. The van der Waals surface area contributed by atoms with Crippen LogP contribution < -0.4 is 10.2 Å². The minimum atomic E-state index is -0.166. The first-order valence-electron chi connectivity index (χ1n) is 10.5. The van der Waals surface area contributed by atoms with E-state index in [9.17, 15) is 4.39 Å². The lowest BCUT2D eigenvalue weighted by Gasteiger charge is -2.23. The van der Waals surface area contributed by atoms with Crippen LogP contribution in [-0.4, -0.2) is 53.9 Å². The van der Waals surface area contributed by atoms with Crippen molar-refractivity contribution in [2.45, 2.75) is 33.2 Å². The Bertz CT molecular complexity index is 833. The number of aryl methyl sites for hydroxylation is 1. The molecule has 1 aromatic carbocycles. The van der Waals surface area contributed by atoms with Crippen molar-refractivity contribution >= 4 is 35.6 Å². The smallest absolute Gasteiger partial charge is 0.193 e. The van der Waals surface area contributed by atoms with Crippen molar-refractivity contribution in [2.24, 2.45) is 18.0 Å². The zero-order chi connectivity index (χ0) is 20.8. The predicted octanol–water partition coefficient (Wildman–Crippen LogP) is 3.66. The van der Waals surface area contributed by atoms with E-state index in [1.165, 1.54) is 5.56 Å². The molecule has 8 heteroatoms. The van der Waals surface area contributed by atoms with Crippen LogP contribution in [0.3, 0.4) is 0 Å². The van der Waals surface area contributed by atoms with Crippen LogP contribution in [0.5, 0.6) is 0 Å². The average Bonchev–Trinajstić information content (AvgIpc) is 3.34. The minimum Gasteiger partial charge on any atom is -0.370 e. The van der Waals surface area contributed by atoms with Gasteiger partial charge in [0.25, 0.3) is 0 Å². The van der Waals surface area contributed by atoms with Crippen molar-refractivity contribution < 1.29 is 4.39 Å². The number of aliphatic imine (C=N–C) groups is 1. The molecule has 166 valence electrons. The summed E-state index contributed by atoms with van der Waals surface area (Å²) in [5.74, 6) is 1.32. The lowest BCUT2D eigenvalue weighted by molar-refractivity contribution is 0.459. The highest BCUT2D eigenvalue weighted by atomic mass is 127. The molecule has 0 bridgehead atoms. The molecule has 1 unspecified atom stereocenters. The van der Waals surface area contributed by atoms with E-state index >= 15 is 0 Å². The Hall–Kier alpha value is -1.84. The molecule has 0 amide bonds. The van der Waals surface area contributed by atoms with E-state index in [-0.39, 0.29) is 29.8 Å². The van der Waals surface area contributed by atoms with Gasteiger partial charge in [-0.2, -0.15) is 5.10 Å². The predicted molar refractivity (Wildman–Crippen MR) is 132 cm³/mol. The van der Waals surface area contributed by atoms with E-state index in [1.54, 1.807) is 13.1 Å². The first-order valence-corrected chi connectivity index (χ1v) is 10.5. The Kier molecular flexibility index (Phi) is 9.38. The maximum absolute atomic E-state index is 14.5. The molecule has 1 aliphatic rings. The van der Waals surface area contributed by atoms with Crippen LogP contribution in [0.25, 0.3) is 0 Å². The second-order valence-corrected chi connectivity index (χ2v) is 7.69. The number of hydrogen-bond acceptors (Lipinski definition) is 3. The van der Waals surface area contributed by atoms with Gasteiger partial charge in [-0.1, -0.05) is 6.07 Å². The van der Waals surface area contributed by atoms with Crippen molar-refractivity contribution in [3.05, 3.63) is 47.5 Å². The maximum Gasteiger partial charge on any atom is 0.193 e. The number of guanidine groups is 1. The van der Waals surface area contributed by atoms with Crippen molar-refractivity contribution in [3.63, 3.8) is 0 Å². The van der Waals surface area contributed by atoms with Gasteiger partial charge in [0.05, 0.1) is 11.9 Å². The number of nitrogens with zero attached hydrogens (tertiary/aromatic N) is 5. The molecule has 0 radical (unpaired) electrons. The molecule has 3 rings (SSSR count). The van der Waals surface area contributed by atoms with Crippen LogP contribution in [0, 0.1) is 11.7 Å². The summed E-state index contributed by atoms with van der Waals surface area (Å²) >= 11 is 0. The summed E-state index contributed by atoms with van der Waals surface area (Å²) < 4.78 is 16.4. The fourth-order valence-corrected chi connectivity index (χ4v) is 4.10. The third-order valence-electron chi connectivity index (χ3n) is 5.65. The summed E-state index contributed by atoms with van der Waals surface area (Å²) in [5.41, 5.74) is 2.87. The van der Waals surface area contributed by atoms with Gasteiger partial charge < -0.3 is 15.1 Å². The van der Waals surface area contributed by atoms with Crippen LogP contribution in [0.4, 0.5) is 10.1 Å². The van der Waals surface area contributed by atoms with Gasteiger partial charge in [0.2, 0.25) is 0 Å². The minimum absolute atomic E-state index is 0. The third-order valence-corrected chi connectivity index (χ3v) is 5.65. The molecule has 0 spiro atoms. The Morgan fingerprint density at radius 2 is 2.07 bits per heavy atom. The van der Waals surface area contributed by atoms with E-state index in [2.05, 4.69) is 26.5 Å². The van der Waals surface area contributed by atoms with Gasteiger partial charge in [-0.3, -0.25) is 9.67 Å². The molecule has 1 N–H and O–H groups in total. The van der Waals surface area contributed by atoms with E-state index in [1.807, 2.05) is 48.8 Å². The van der Waals surface area contributed by atoms with Crippen LogP contribution in [0.1, 0.15) is 31.4 Å². The quantitative estimate of drug-likeness (QED) is 0.339. The molecule has 1 fully saturated rings. The second-order valence-electron chi connectivity index (χ2n) is 7.69. The summed E-state index contributed by atoms with van der Waals surface area (Å²) in [6.07, 6.45) is 6.22. The van der Waals surface area contributed by atoms with E-state index in [4.69, 9.17) is 0 Å². The molecule has 30 heavy (non-hydrogen) atoms. The fraction of sp³-hybridized carbons (Fsp3) is 0.545. The molecule has 1 saturated heterocycles. The highest BCUT2D eigenvalue weighted by Gasteiger charge is 2.25. The molecule has 6 nitrogen and oxygen atoms in total.